The lowest BCUT2D eigenvalue weighted by molar-refractivity contribution is -0.121. The van der Waals surface area contributed by atoms with Crippen LogP contribution in [0.3, 0.4) is 0 Å². The van der Waals surface area contributed by atoms with Gasteiger partial charge in [-0.2, -0.15) is 0 Å². The van der Waals surface area contributed by atoms with Gasteiger partial charge >= 0.3 is 0 Å². The van der Waals surface area contributed by atoms with E-state index in [2.05, 4.69) is 49.1 Å². The van der Waals surface area contributed by atoms with E-state index in [4.69, 9.17) is 9.16 Å². The first kappa shape index (κ1) is 27.4. The molecule has 200 valence electrons. The van der Waals surface area contributed by atoms with Gasteiger partial charge in [0.15, 0.2) is 20.2 Å². The number of hydrogen-bond acceptors (Lipinski definition) is 6. The lowest BCUT2D eigenvalue weighted by atomic mass is 9.90. The summed E-state index contributed by atoms with van der Waals surface area (Å²) in [6, 6.07) is 10.5. The maximum atomic E-state index is 16.8. The van der Waals surface area contributed by atoms with Gasteiger partial charge in [-0.05, 0) is 57.1 Å². The van der Waals surface area contributed by atoms with Gasteiger partial charge < -0.3 is 24.2 Å². The number of rotatable bonds is 6. The number of amides is 1. The van der Waals surface area contributed by atoms with Crippen molar-refractivity contribution in [3.05, 3.63) is 54.5 Å². The van der Waals surface area contributed by atoms with E-state index < -0.39 is 38.0 Å². The number of benzene rings is 1. The zero-order valence-electron chi connectivity index (χ0n) is 22.7. The minimum atomic E-state index is -2.42. The molecule has 0 bridgehead atoms. The topological polar surface area (TPSA) is 98.5 Å². The maximum absolute atomic E-state index is 16.8. The maximum Gasteiger partial charge on any atom is 0.256 e. The van der Waals surface area contributed by atoms with Gasteiger partial charge in [-0.1, -0.05) is 39.0 Å². The van der Waals surface area contributed by atoms with Crippen LogP contribution in [-0.2, 0) is 9.16 Å². The predicted octanol–water partition coefficient (Wildman–Crippen LogP) is 5.47. The number of aliphatic hydroxyl groups is 1. The average Bonchev–Trinajstić information content (AvgIpc) is 3.32. The molecule has 1 fully saturated rings. The molecule has 0 radical (unpaired) electrons. The Morgan fingerprint density at radius 3 is 2.41 bits per heavy atom. The number of halogens is 1. The fraction of sp³-hybridized carbons (Fsp3) is 0.519. The molecule has 1 aliphatic heterocycles. The Morgan fingerprint density at radius 2 is 1.81 bits per heavy atom. The molecule has 4 atom stereocenters. The van der Waals surface area contributed by atoms with Crippen molar-refractivity contribution in [1.29, 1.82) is 0 Å². The van der Waals surface area contributed by atoms with E-state index in [0.29, 0.717) is 22.4 Å². The fourth-order valence-corrected chi connectivity index (χ4v) is 5.70. The second-order valence-corrected chi connectivity index (χ2v) is 16.8. The number of fused-ring (bicyclic) bond motifs is 1. The molecule has 1 aliphatic rings. The first-order valence-corrected chi connectivity index (χ1v) is 15.4. The summed E-state index contributed by atoms with van der Waals surface area (Å²) in [4.78, 5) is 21.4. The molecule has 1 aromatic carbocycles. The Labute approximate surface area is 218 Å². The smallest absolute Gasteiger partial charge is 0.256 e. The van der Waals surface area contributed by atoms with Crippen molar-refractivity contribution in [3.63, 3.8) is 0 Å². The van der Waals surface area contributed by atoms with Crippen molar-refractivity contribution in [3.8, 4) is 0 Å². The Bertz CT molecular complexity index is 1280. The molecule has 0 aliphatic carbocycles. The van der Waals surface area contributed by atoms with Crippen LogP contribution in [0.15, 0.2) is 48.9 Å². The Morgan fingerprint density at radius 1 is 1.16 bits per heavy atom. The number of nitrogens with one attached hydrogen (secondary N) is 1. The van der Waals surface area contributed by atoms with Crippen LogP contribution in [0.5, 0.6) is 0 Å². The molecule has 2 N–H and O–H groups in total. The summed E-state index contributed by atoms with van der Waals surface area (Å²) in [7, 11) is -2.42. The van der Waals surface area contributed by atoms with E-state index in [1.807, 2.05) is 6.07 Å². The molecule has 1 saturated heterocycles. The summed E-state index contributed by atoms with van der Waals surface area (Å²) in [6.07, 6.45) is -0.0612. The highest BCUT2D eigenvalue weighted by Crippen LogP contribution is 2.50. The molecule has 8 nitrogen and oxygen atoms in total. The summed E-state index contributed by atoms with van der Waals surface area (Å²) in [6.45, 7) is 15.0. The van der Waals surface area contributed by atoms with Crippen molar-refractivity contribution < 1.29 is 23.5 Å². The summed E-state index contributed by atoms with van der Waals surface area (Å²) in [5.74, 6) is -0.00463. The fourth-order valence-electron chi connectivity index (χ4n) is 4.35. The van der Waals surface area contributed by atoms with Gasteiger partial charge in [0.2, 0.25) is 0 Å². The zero-order valence-corrected chi connectivity index (χ0v) is 23.7. The van der Waals surface area contributed by atoms with E-state index >= 15 is 4.39 Å². The molecule has 4 rings (SSSR count). The van der Waals surface area contributed by atoms with E-state index in [0.717, 1.165) is 0 Å². The highest BCUT2D eigenvalue weighted by atomic mass is 28.4. The molecule has 10 heteroatoms. The second kappa shape index (κ2) is 9.27. The number of hydrogen-bond donors (Lipinski definition) is 2. The first-order chi connectivity index (χ1) is 17.0. The number of nitrogens with zero attached hydrogens (tertiary/aromatic N) is 3. The zero-order chi connectivity index (χ0) is 27.4. The standard InChI is InChI=1S/C27H37FN4O4Si/c1-25(2,3)37(7,8)36-20-19(26(4,5)34)35-24(27(20,6)28)32-15-14-18-21(29-16-30-22(18)32)31-23(33)17-12-10-9-11-13-17/h9-16,19-20,24,34H,1-8H3,(H,29,30,31,33)/t19-,20+,24+,27+/m0/s1. The van der Waals surface area contributed by atoms with Crippen molar-refractivity contribution in [2.75, 3.05) is 5.32 Å². The molecule has 1 amide bonds. The van der Waals surface area contributed by atoms with E-state index in [9.17, 15) is 9.90 Å². The van der Waals surface area contributed by atoms with Gasteiger partial charge in [0, 0.05) is 11.8 Å². The SMILES string of the molecule is CC(C)(O)[C@H]1O[C@@H](n2ccc3c(NC(=O)c4ccccc4)ncnc32)[C@](C)(F)[C@@H]1O[Si](C)(C)C(C)(C)C. The minimum absolute atomic E-state index is 0.162. The summed E-state index contributed by atoms with van der Waals surface area (Å²) in [5, 5.41) is 14.2. The van der Waals surface area contributed by atoms with Gasteiger partial charge in [-0.3, -0.25) is 4.79 Å². The van der Waals surface area contributed by atoms with Gasteiger partial charge in [0.05, 0.1) is 11.0 Å². The Balaban J connectivity index is 1.72. The molecule has 37 heavy (non-hydrogen) atoms. The third kappa shape index (κ3) is 5.07. The quantitative estimate of drug-likeness (QED) is 0.412. The van der Waals surface area contributed by atoms with Crippen LogP contribution in [0.4, 0.5) is 10.2 Å². The van der Waals surface area contributed by atoms with Crippen molar-refractivity contribution in [2.24, 2.45) is 0 Å². The van der Waals surface area contributed by atoms with E-state index in [-0.39, 0.29) is 10.9 Å². The summed E-state index contributed by atoms with van der Waals surface area (Å²) >= 11 is 0. The number of alkyl halides is 1. The van der Waals surface area contributed by atoms with Crippen LogP contribution >= 0.6 is 0 Å². The second-order valence-electron chi connectivity index (χ2n) is 12.0. The van der Waals surface area contributed by atoms with E-state index in [1.165, 1.54) is 13.3 Å². The molecule has 2 aromatic heterocycles. The number of anilines is 1. The molecule has 0 unspecified atom stereocenters. The van der Waals surface area contributed by atoms with E-state index in [1.54, 1.807) is 54.9 Å². The van der Waals surface area contributed by atoms with Crippen LogP contribution in [0, 0.1) is 0 Å². The average molecular weight is 529 g/mol. The van der Waals surface area contributed by atoms with Crippen molar-refractivity contribution >= 4 is 31.1 Å². The van der Waals surface area contributed by atoms with Gasteiger partial charge in [0.25, 0.3) is 5.91 Å². The normalized spacial score (nSPS) is 25.0. The largest absolute Gasteiger partial charge is 0.408 e. The third-order valence-electron chi connectivity index (χ3n) is 7.54. The summed E-state index contributed by atoms with van der Waals surface area (Å²) in [5.41, 5.74) is -2.47. The highest BCUT2D eigenvalue weighted by molar-refractivity contribution is 6.74. The summed E-state index contributed by atoms with van der Waals surface area (Å²) < 4.78 is 31.2. The Kier molecular flexibility index (Phi) is 6.86. The van der Waals surface area contributed by atoms with Crippen molar-refractivity contribution in [2.45, 2.75) is 89.4 Å². The molecule has 0 spiro atoms. The predicted molar refractivity (Wildman–Crippen MR) is 144 cm³/mol. The molecule has 3 aromatic rings. The van der Waals surface area contributed by atoms with Crippen LogP contribution < -0.4 is 5.32 Å². The van der Waals surface area contributed by atoms with Gasteiger partial charge in [-0.15, -0.1) is 0 Å². The van der Waals surface area contributed by atoms with Gasteiger partial charge in [-0.25, -0.2) is 14.4 Å². The molecule has 3 heterocycles. The van der Waals surface area contributed by atoms with Crippen LogP contribution in [-0.4, -0.2) is 57.3 Å². The number of carbonyl (C=O) groups excluding carboxylic acids is 1. The van der Waals surface area contributed by atoms with Crippen molar-refractivity contribution in [1.82, 2.24) is 14.5 Å². The molecular formula is C27H37FN4O4Si. The Hall–Kier alpha value is -2.66. The third-order valence-corrected chi connectivity index (χ3v) is 12.0. The van der Waals surface area contributed by atoms with Crippen LogP contribution in [0.2, 0.25) is 18.1 Å². The lowest BCUT2D eigenvalue weighted by Gasteiger charge is -2.43. The number of ether oxygens (including phenoxy) is 1. The van der Waals surface area contributed by atoms with Crippen LogP contribution in [0.25, 0.3) is 11.0 Å². The van der Waals surface area contributed by atoms with Gasteiger partial charge in [0.1, 0.15) is 30.0 Å². The molecular weight excluding hydrogens is 491 g/mol. The number of aromatic nitrogens is 3. The lowest BCUT2D eigenvalue weighted by Crippen LogP contribution is -2.55. The number of carbonyl (C=O) groups is 1. The first-order valence-electron chi connectivity index (χ1n) is 12.5. The molecule has 0 saturated carbocycles. The highest BCUT2D eigenvalue weighted by Gasteiger charge is 2.62. The minimum Gasteiger partial charge on any atom is -0.408 e. The van der Waals surface area contributed by atoms with Crippen LogP contribution in [0.1, 0.15) is 58.1 Å². The monoisotopic (exact) mass is 528 g/mol.